The molecule has 15 heavy (non-hydrogen) atoms. The van der Waals surface area contributed by atoms with Crippen LogP contribution in [0.5, 0.6) is 0 Å². The molecule has 0 aliphatic rings. The first-order valence-corrected chi connectivity index (χ1v) is 6.36. The van der Waals surface area contributed by atoms with Crippen LogP contribution in [0.2, 0.25) is 0 Å². The molecule has 0 aliphatic carbocycles. The van der Waals surface area contributed by atoms with Crippen molar-refractivity contribution in [2.75, 3.05) is 6.26 Å². The molecule has 0 fully saturated rings. The van der Waals surface area contributed by atoms with Crippen LogP contribution in [0.25, 0.3) is 0 Å². The minimum absolute atomic E-state index is 0.131. The summed E-state index contributed by atoms with van der Waals surface area (Å²) in [6.45, 7) is 1.67. The molecule has 0 saturated heterocycles. The first-order chi connectivity index (χ1) is 6.79. The topological polar surface area (TPSA) is 71.4 Å². The second-order valence-corrected chi connectivity index (χ2v) is 5.66. The van der Waals surface area contributed by atoms with Gasteiger partial charge in [0.25, 0.3) is 0 Å². The van der Waals surface area contributed by atoms with Gasteiger partial charge in [-0.25, -0.2) is 13.2 Å². The number of rotatable bonds is 3. The maximum Gasteiger partial charge on any atom is 0.335 e. The Morgan fingerprint density at radius 2 is 2.00 bits per heavy atom. The molecule has 0 amide bonds. The fourth-order valence-corrected chi connectivity index (χ4v) is 2.08. The molecule has 1 rings (SSSR count). The molecule has 0 aliphatic heterocycles. The molecule has 0 aromatic heterocycles. The average Bonchev–Trinajstić information content (AvgIpc) is 2.05. The largest absolute Gasteiger partial charge is 0.478 e. The quantitative estimate of drug-likeness (QED) is 0.844. The van der Waals surface area contributed by atoms with Crippen LogP contribution in [0.15, 0.2) is 18.2 Å². The molecule has 0 atom stereocenters. The van der Waals surface area contributed by atoms with Crippen LogP contribution in [0.3, 0.4) is 0 Å². The van der Waals surface area contributed by atoms with Gasteiger partial charge < -0.3 is 5.11 Å². The van der Waals surface area contributed by atoms with Gasteiger partial charge in [-0.1, -0.05) is 12.1 Å². The molecule has 1 aromatic rings. The van der Waals surface area contributed by atoms with Gasteiger partial charge >= 0.3 is 5.97 Å². The summed E-state index contributed by atoms with van der Waals surface area (Å²) in [5, 5.41) is 8.84. The minimum Gasteiger partial charge on any atom is -0.478 e. The van der Waals surface area contributed by atoms with Gasteiger partial charge in [-0.05, 0) is 24.1 Å². The first kappa shape index (κ1) is 11.7. The predicted molar refractivity (Wildman–Crippen MR) is 56.7 cm³/mol. The molecule has 5 heteroatoms. The number of sulfone groups is 1. The maximum atomic E-state index is 11.0. The maximum absolute atomic E-state index is 11.0. The van der Waals surface area contributed by atoms with Crippen LogP contribution in [0, 0.1) is 6.92 Å². The van der Waals surface area contributed by atoms with E-state index in [2.05, 4.69) is 0 Å². The molecule has 1 aromatic carbocycles. The molecule has 0 unspecified atom stereocenters. The first-order valence-electron chi connectivity index (χ1n) is 4.30. The van der Waals surface area contributed by atoms with Gasteiger partial charge in [0.15, 0.2) is 9.84 Å². The van der Waals surface area contributed by atoms with E-state index in [9.17, 15) is 13.2 Å². The normalized spacial score (nSPS) is 11.3. The third-order valence-electron chi connectivity index (χ3n) is 1.96. The standard InChI is InChI=1S/C10H12O4S/c1-7-3-4-8(6-15(2,13)14)5-9(7)10(11)12/h3-5H,6H2,1-2H3,(H,11,12). The number of hydrogen-bond acceptors (Lipinski definition) is 3. The SMILES string of the molecule is Cc1ccc(CS(C)(=O)=O)cc1C(=O)O. The van der Waals surface area contributed by atoms with E-state index in [1.54, 1.807) is 19.1 Å². The summed E-state index contributed by atoms with van der Waals surface area (Å²) in [5.41, 5.74) is 1.27. The van der Waals surface area contributed by atoms with Gasteiger partial charge in [-0.15, -0.1) is 0 Å². The summed E-state index contributed by atoms with van der Waals surface area (Å²) in [6.07, 6.45) is 1.12. The number of aromatic carboxylic acids is 1. The molecule has 0 saturated carbocycles. The average molecular weight is 228 g/mol. The van der Waals surface area contributed by atoms with Crippen molar-refractivity contribution in [1.82, 2.24) is 0 Å². The van der Waals surface area contributed by atoms with Crippen molar-refractivity contribution in [2.45, 2.75) is 12.7 Å². The molecule has 4 nitrogen and oxygen atoms in total. The Balaban J connectivity index is 3.14. The number of hydrogen-bond donors (Lipinski definition) is 1. The van der Waals surface area contributed by atoms with Crippen LogP contribution < -0.4 is 0 Å². The third kappa shape index (κ3) is 3.36. The number of benzene rings is 1. The van der Waals surface area contributed by atoms with E-state index in [1.807, 2.05) is 0 Å². The van der Waals surface area contributed by atoms with E-state index in [-0.39, 0.29) is 11.3 Å². The van der Waals surface area contributed by atoms with E-state index in [0.717, 1.165) is 6.26 Å². The number of aryl methyl sites for hydroxylation is 1. The van der Waals surface area contributed by atoms with E-state index < -0.39 is 15.8 Å². The van der Waals surface area contributed by atoms with Gasteiger partial charge in [0.2, 0.25) is 0 Å². The third-order valence-corrected chi connectivity index (χ3v) is 2.82. The molecule has 1 N–H and O–H groups in total. The number of carboxylic acids is 1. The summed E-state index contributed by atoms with van der Waals surface area (Å²) < 4.78 is 22.0. The molecule has 82 valence electrons. The Hall–Kier alpha value is -1.36. The van der Waals surface area contributed by atoms with Crippen molar-refractivity contribution in [3.05, 3.63) is 34.9 Å². The number of carbonyl (C=O) groups is 1. The highest BCUT2D eigenvalue weighted by Gasteiger charge is 2.10. The molecule has 0 spiro atoms. The van der Waals surface area contributed by atoms with Crippen molar-refractivity contribution >= 4 is 15.8 Å². The zero-order valence-corrected chi connectivity index (χ0v) is 9.34. The predicted octanol–water partition coefficient (Wildman–Crippen LogP) is 1.24. The fourth-order valence-electron chi connectivity index (χ4n) is 1.29. The van der Waals surface area contributed by atoms with Crippen molar-refractivity contribution < 1.29 is 18.3 Å². The van der Waals surface area contributed by atoms with Crippen molar-refractivity contribution in [2.24, 2.45) is 0 Å². The Bertz CT molecular complexity index is 488. The van der Waals surface area contributed by atoms with Crippen LogP contribution in [0.4, 0.5) is 0 Å². The van der Waals surface area contributed by atoms with Gasteiger partial charge in [0.05, 0.1) is 11.3 Å². The monoisotopic (exact) mass is 228 g/mol. The van der Waals surface area contributed by atoms with Crippen LogP contribution in [-0.2, 0) is 15.6 Å². The summed E-state index contributed by atoms with van der Waals surface area (Å²) in [4.78, 5) is 10.8. The van der Waals surface area contributed by atoms with Crippen LogP contribution in [0.1, 0.15) is 21.5 Å². The highest BCUT2D eigenvalue weighted by atomic mass is 32.2. The summed E-state index contributed by atoms with van der Waals surface area (Å²) in [7, 11) is -3.13. The van der Waals surface area contributed by atoms with Gasteiger partial charge in [-0.2, -0.15) is 0 Å². The lowest BCUT2D eigenvalue weighted by Crippen LogP contribution is -2.04. The summed E-state index contributed by atoms with van der Waals surface area (Å²) >= 11 is 0. The lowest BCUT2D eigenvalue weighted by molar-refractivity contribution is 0.0696. The van der Waals surface area contributed by atoms with E-state index >= 15 is 0 Å². The molecular weight excluding hydrogens is 216 g/mol. The molecule has 0 bridgehead atoms. The minimum atomic E-state index is -3.13. The van der Waals surface area contributed by atoms with Crippen LogP contribution in [-0.4, -0.2) is 25.7 Å². The molecule has 0 radical (unpaired) electrons. The van der Waals surface area contributed by atoms with E-state index in [1.165, 1.54) is 6.07 Å². The summed E-state index contributed by atoms with van der Waals surface area (Å²) in [5.74, 6) is -1.17. The number of carboxylic acid groups (broad SMARTS) is 1. The van der Waals surface area contributed by atoms with Crippen molar-refractivity contribution in [3.63, 3.8) is 0 Å². The van der Waals surface area contributed by atoms with Crippen LogP contribution >= 0.6 is 0 Å². The lowest BCUT2D eigenvalue weighted by Gasteiger charge is -2.04. The Morgan fingerprint density at radius 3 is 2.47 bits per heavy atom. The fraction of sp³-hybridized carbons (Fsp3) is 0.300. The van der Waals surface area contributed by atoms with Crippen molar-refractivity contribution in [3.8, 4) is 0 Å². The second kappa shape index (κ2) is 4.02. The van der Waals surface area contributed by atoms with Gasteiger partial charge in [0, 0.05) is 6.26 Å². The van der Waals surface area contributed by atoms with Gasteiger partial charge in [-0.3, -0.25) is 0 Å². The smallest absolute Gasteiger partial charge is 0.335 e. The zero-order chi connectivity index (χ0) is 11.6. The zero-order valence-electron chi connectivity index (χ0n) is 8.52. The Kier molecular flexibility index (Phi) is 3.14. The Labute approximate surface area is 88.5 Å². The van der Waals surface area contributed by atoms with E-state index in [4.69, 9.17) is 5.11 Å². The van der Waals surface area contributed by atoms with E-state index in [0.29, 0.717) is 11.1 Å². The highest BCUT2D eigenvalue weighted by Crippen LogP contribution is 2.13. The highest BCUT2D eigenvalue weighted by molar-refractivity contribution is 7.89. The Morgan fingerprint density at radius 1 is 1.40 bits per heavy atom. The van der Waals surface area contributed by atoms with Gasteiger partial charge in [0.1, 0.15) is 0 Å². The van der Waals surface area contributed by atoms with Crippen molar-refractivity contribution in [1.29, 1.82) is 0 Å². The lowest BCUT2D eigenvalue weighted by atomic mass is 10.1. The molecular formula is C10H12O4S. The molecule has 0 heterocycles. The summed E-state index contributed by atoms with van der Waals surface area (Å²) in [6, 6.07) is 4.64. The second-order valence-electron chi connectivity index (χ2n) is 3.52.